The number of esters is 1. The van der Waals surface area contributed by atoms with Crippen LogP contribution in [0.3, 0.4) is 0 Å². The van der Waals surface area contributed by atoms with E-state index in [0.29, 0.717) is 37.3 Å². The van der Waals surface area contributed by atoms with E-state index < -0.39 is 29.9 Å². The molecule has 0 unspecified atom stereocenters. The van der Waals surface area contributed by atoms with E-state index in [9.17, 15) is 28.8 Å². The van der Waals surface area contributed by atoms with Crippen LogP contribution in [0.4, 0.5) is 0 Å². The van der Waals surface area contributed by atoms with Crippen molar-refractivity contribution >= 4 is 35.6 Å². The molecule has 20 nitrogen and oxygen atoms in total. The molecule has 2 aliphatic heterocycles. The molecule has 4 aromatic rings. The summed E-state index contributed by atoms with van der Waals surface area (Å²) in [7, 11) is 5.28. The van der Waals surface area contributed by atoms with Crippen LogP contribution in [0.5, 0.6) is 0 Å². The lowest BCUT2D eigenvalue weighted by Crippen LogP contribution is -2.54. The van der Waals surface area contributed by atoms with Crippen LogP contribution in [0.1, 0.15) is 46.4 Å². The summed E-state index contributed by atoms with van der Waals surface area (Å²) in [4.78, 5) is 81.6. The van der Waals surface area contributed by atoms with Crippen molar-refractivity contribution in [3.05, 3.63) is 84.4 Å². The number of likely N-dealkylation sites (N-methyl/N-ethyl adjacent to an activating group) is 2. The molecule has 0 radical (unpaired) electrons. The van der Waals surface area contributed by atoms with Gasteiger partial charge < -0.3 is 40.1 Å². The predicted molar refractivity (Wildman–Crippen MR) is 212 cm³/mol. The van der Waals surface area contributed by atoms with E-state index in [1.807, 2.05) is 14.1 Å². The largest absolute Gasteiger partial charge is 0.481 e. The Hall–Kier alpha value is -6.54. The number of ether oxygens (including phenoxy) is 1. The van der Waals surface area contributed by atoms with Gasteiger partial charge in [-0.05, 0) is 75.5 Å². The number of carbonyl (C=O) groups is 6. The lowest BCUT2D eigenvalue weighted by Gasteiger charge is -2.34. The maximum absolute atomic E-state index is 13.0. The number of amides is 4. The number of hydrogen-bond donors (Lipinski definition) is 3. The van der Waals surface area contributed by atoms with Crippen LogP contribution in [-0.4, -0.2) is 176 Å². The van der Waals surface area contributed by atoms with Gasteiger partial charge in [0.25, 0.3) is 11.8 Å². The second-order valence-electron chi connectivity index (χ2n) is 14.1. The van der Waals surface area contributed by atoms with E-state index in [1.165, 1.54) is 7.11 Å². The summed E-state index contributed by atoms with van der Waals surface area (Å²) in [5.41, 5.74) is 2.29. The second kappa shape index (κ2) is 21.3. The molecule has 0 saturated carbocycles. The smallest absolute Gasteiger partial charge is 0.305 e. The molecule has 2 atom stereocenters. The van der Waals surface area contributed by atoms with Crippen LogP contribution >= 0.6 is 0 Å². The van der Waals surface area contributed by atoms with E-state index in [1.54, 1.807) is 92.5 Å². The molecule has 6 rings (SSSR count). The maximum atomic E-state index is 13.0. The van der Waals surface area contributed by atoms with Crippen LogP contribution in [0, 0.1) is 0 Å². The minimum Gasteiger partial charge on any atom is -0.481 e. The Kier molecular flexibility index (Phi) is 15.7. The van der Waals surface area contributed by atoms with E-state index in [-0.39, 0.29) is 43.4 Å². The van der Waals surface area contributed by atoms with Crippen LogP contribution in [0.2, 0.25) is 0 Å². The fraction of sp³-hybridized carbons (Fsp3) is 0.436. The summed E-state index contributed by atoms with van der Waals surface area (Å²) in [6.45, 7) is 5.33. The Bertz CT molecular complexity index is 1990. The quantitative estimate of drug-likeness (QED) is 0.144. The number of nitrogens with zero attached hydrogens (tertiary/aromatic N) is 10. The first-order valence-corrected chi connectivity index (χ1v) is 19.2. The van der Waals surface area contributed by atoms with Gasteiger partial charge in [0.2, 0.25) is 11.8 Å². The highest BCUT2D eigenvalue weighted by Crippen LogP contribution is 2.13. The molecule has 20 heteroatoms. The first kappa shape index (κ1) is 43.6. The van der Waals surface area contributed by atoms with Crippen LogP contribution in [-0.2, 0) is 23.9 Å². The average molecular weight is 815 g/mol. The molecule has 3 N–H and O–H groups in total. The molecular formula is C39H50N12O8. The second-order valence-corrected chi connectivity index (χ2v) is 14.1. The first-order valence-electron chi connectivity index (χ1n) is 19.2. The van der Waals surface area contributed by atoms with Crippen LogP contribution in [0.15, 0.2) is 73.3 Å². The van der Waals surface area contributed by atoms with Gasteiger partial charge in [0.05, 0.1) is 43.3 Å². The van der Waals surface area contributed by atoms with Gasteiger partial charge in [-0.3, -0.25) is 28.8 Å². The van der Waals surface area contributed by atoms with Gasteiger partial charge in [0.15, 0.2) is 0 Å². The average Bonchev–Trinajstić information content (AvgIpc) is 4.00. The monoisotopic (exact) mass is 814 g/mol. The van der Waals surface area contributed by atoms with Crippen LogP contribution < -0.4 is 10.6 Å². The summed E-state index contributed by atoms with van der Waals surface area (Å²) < 4.78 is 7.83. The molecule has 4 amide bonds. The number of carboxylic acid groups (broad SMARTS) is 1. The lowest BCUT2D eigenvalue weighted by atomic mass is 10.1. The van der Waals surface area contributed by atoms with E-state index >= 15 is 0 Å². The molecule has 59 heavy (non-hydrogen) atoms. The number of rotatable bonds is 14. The number of aliphatic carboxylic acids is 1. The van der Waals surface area contributed by atoms with Crippen molar-refractivity contribution in [2.45, 2.75) is 37.8 Å². The fourth-order valence-corrected chi connectivity index (χ4v) is 6.35. The standard InChI is InChI=1S/C20H26N6O4.C19H24N6O4/c1-24-11-13-25(14-12-24)20(29)17(7-8-18(27)30-2)22-19(28)15-3-5-16(6-4-15)26-10-9-21-23-26;1-23-10-12-24(13-11-23)19(29)16(6-7-17(26)27)21-18(28)14-2-4-15(5-3-14)25-9-8-20-22-25/h3-6,9-10,17H,7-8,11-14H2,1-2H3,(H,22,28);2-5,8-9,16H,6-7,10-13H2,1H3,(H,21,28)(H,26,27)/t17-;16-/m00/s1. The highest BCUT2D eigenvalue weighted by Gasteiger charge is 2.30. The molecule has 2 fully saturated rings. The Balaban J connectivity index is 0.000000224. The number of carboxylic acids is 1. The third kappa shape index (κ3) is 12.7. The van der Waals surface area contributed by atoms with Crippen molar-refractivity contribution < 1.29 is 38.6 Å². The third-order valence-corrected chi connectivity index (χ3v) is 9.98. The van der Waals surface area contributed by atoms with Crippen LogP contribution in [0.25, 0.3) is 11.4 Å². The Labute approximate surface area is 341 Å². The zero-order valence-electron chi connectivity index (χ0n) is 33.3. The van der Waals surface area contributed by atoms with Gasteiger partial charge in [0, 0.05) is 76.3 Å². The highest BCUT2D eigenvalue weighted by atomic mass is 16.5. The number of methoxy groups -OCH3 is 1. The topological polar surface area (TPSA) is 230 Å². The molecule has 0 spiro atoms. The van der Waals surface area contributed by atoms with Crippen molar-refractivity contribution in [1.29, 1.82) is 0 Å². The number of carbonyl (C=O) groups excluding carboxylic acids is 5. The van der Waals surface area contributed by atoms with Gasteiger partial charge in [-0.2, -0.15) is 0 Å². The molecule has 4 heterocycles. The predicted octanol–water partition coefficient (Wildman–Crippen LogP) is 0.0974. The van der Waals surface area contributed by atoms with E-state index in [0.717, 1.165) is 37.6 Å². The third-order valence-electron chi connectivity index (χ3n) is 9.98. The first-order chi connectivity index (χ1) is 28.4. The normalized spacial score (nSPS) is 15.6. The number of hydrogen-bond acceptors (Lipinski definition) is 13. The molecule has 2 aromatic heterocycles. The Morgan fingerprint density at radius 2 is 1.02 bits per heavy atom. The summed E-state index contributed by atoms with van der Waals surface area (Å²) in [6.07, 6.45) is 6.58. The van der Waals surface area contributed by atoms with Crippen molar-refractivity contribution in [2.75, 3.05) is 73.6 Å². The van der Waals surface area contributed by atoms with E-state index in [4.69, 9.17) is 5.11 Å². The minimum atomic E-state index is -1.01. The highest BCUT2D eigenvalue weighted by molar-refractivity contribution is 5.98. The molecule has 0 bridgehead atoms. The SMILES string of the molecule is CN1CCN(C(=O)[C@H](CCC(=O)O)NC(=O)c2ccc(-n3ccnn3)cc2)CC1.COC(=O)CC[C@H](NC(=O)c1ccc(-n2ccnn2)cc1)C(=O)N1CCN(C)CC1. The minimum absolute atomic E-state index is 0.0449. The van der Waals surface area contributed by atoms with Crippen molar-refractivity contribution in [3.8, 4) is 11.4 Å². The molecule has 0 aliphatic carbocycles. The zero-order valence-corrected chi connectivity index (χ0v) is 33.3. The Morgan fingerprint density at radius 1 is 0.627 bits per heavy atom. The number of piperazine rings is 2. The summed E-state index contributed by atoms with van der Waals surface area (Å²) in [5.74, 6) is -2.65. The van der Waals surface area contributed by atoms with Crippen molar-refractivity contribution in [2.24, 2.45) is 0 Å². The lowest BCUT2D eigenvalue weighted by molar-refractivity contribution is -0.142. The fourth-order valence-electron chi connectivity index (χ4n) is 6.35. The number of nitrogens with one attached hydrogen (secondary N) is 2. The van der Waals surface area contributed by atoms with Gasteiger partial charge in [0.1, 0.15) is 12.1 Å². The van der Waals surface area contributed by atoms with Gasteiger partial charge in [-0.15, -0.1) is 10.2 Å². The van der Waals surface area contributed by atoms with Gasteiger partial charge in [-0.1, -0.05) is 10.4 Å². The van der Waals surface area contributed by atoms with Gasteiger partial charge >= 0.3 is 11.9 Å². The molecular weight excluding hydrogens is 765 g/mol. The number of aromatic nitrogens is 6. The molecule has 2 saturated heterocycles. The van der Waals surface area contributed by atoms with Gasteiger partial charge in [-0.25, -0.2) is 9.36 Å². The van der Waals surface area contributed by atoms with E-state index in [2.05, 4.69) is 45.8 Å². The molecule has 314 valence electrons. The summed E-state index contributed by atoms with van der Waals surface area (Å²) in [5, 5.41) is 29.8. The zero-order chi connectivity index (χ0) is 42.3. The molecule has 2 aromatic carbocycles. The summed E-state index contributed by atoms with van der Waals surface area (Å²) >= 11 is 0. The van der Waals surface area contributed by atoms with Crippen molar-refractivity contribution in [1.82, 2.24) is 60.2 Å². The molecule has 2 aliphatic rings. The summed E-state index contributed by atoms with van der Waals surface area (Å²) in [6, 6.07) is 11.8. The Morgan fingerprint density at radius 3 is 1.36 bits per heavy atom. The maximum Gasteiger partial charge on any atom is 0.305 e. The number of benzene rings is 2. The van der Waals surface area contributed by atoms with Crippen molar-refractivity contribution in [3.63, 3.8) is 0 Å².